The van der Waals surface area contributed by atoms with Crippen LogP contribution in [0, 0.1) is 17.1 Å². The van der Waals surface area contributed by atoms with E-state index in [2.05, 4.69) is 11.0 Å². The number of benzene rings is 2. The monoisotopic (exact) mass is 359 g/mol. The normalized spacial score (nSPS) is 16.5. The molecule has 1 aliphatic heterocycles. The number of hydrogen-bond acceptors (Lipinski definition) is 4. The molecular formula is C18H18FN3O2S. The van der Waals surface area contributed by atoms with Crippen LogP contribution < -0.4 is 0 Å². The van der Waals surface area contributed by atoms with E-state index in [9.17, 15) is 12.8 Å². The molecule has 0 aliphatic carbocycles. The number of halogens is 1. The summed E-state index contributed by atoms with van der Waals surface area (Å²) in [5, 5.41) is 9.16. The molecule has 0 radical (unpaired) electrons. The van der Waals surface area contributed by atoms with Crippen molar-refractivity contribution >= 4 is 10.0 Å². The molecule has 0 N–H and O–H groups in total. The van der Waals surface area contributed by atoms with Crippen LogP contribution in [-0.2, 0) is 16.6 Å². The van der Waals surface area contributed by atoms with E-state index in [1.165, 1.54) is 22.5 Å². The van der Waals surface area contributed by atoms with Crippen molar-refractivity contribution in [3.05, 3.63) is 65.5 Å². The van der Waals surface area contributed by atoms with Gasteiger partial charge in [-0.05, 0) is 29.8 Å². The van der Waals surface area contributed by atoms with Gasteiger partial charge in [0.1, 0.15) is 5.82 Å². The Morgan fingerprint density at radius 1 is 1.04 bits per heavy atom. The molecule has 0 unspecified atom stereocenters. The molecular weight excluding hydrogens is 341 g/mol. The third-order valence-corrected chi connectivity index (χ3v) is 6.19. The summed E-state index contributed by atoms with van der Waals surface area (Å²) < 4.78 is 39.9. The Balaban J connectivity index is 1.67. The van der Waals surface area contributed by atoms with Crippen LogP contribution in [0.5, 0.6) is 0 Å². The first-order valence-corrected chi connectivity index (χ1v) is 9.41. The molecule has 1 saturated heterocycles. The van der Waals surface area contributed by atoms with Crippen molar-refractivity contribution in [3.63, 3.8) is 0 Å². The number of hydrogen-bond donors (Lipinski definition) is 0. The highest BCUT2D eigenvalue weighted by Crippen LogP contribution is 2.19. The molecule has 0 spiro atoms. The Morgan fingerprint density at radius 2 is 1.76 bits per heavy atom. The van der Waals surface area contributed by atoms with Gasteiger partial charge >= 0.3 is 0 Å². The number of sulfonamides is 1. The molecule has 2 aromatic carbocycles. The average Bonchev–Trinajstić information content (AvgIpc) is 2.63. The van der Waals surface area contributed by atoms with Crippen molar-refractivity contribution < 1.29 is 12.8 Å². The van der Waals surface area contributed by atoms with Crippen molar-refractivity contribution in [2.75, 3.05) is 26.2 Å². The Labute approximate surface area is 147 Å². The zero-order chi connectivity index (χ0) is 17.9. The summed E-state index contributed by atoms with van der Waals surface area (Å²) >= 11 is 0. The van der Waals surface area contributed by atoms with Gasteiger partial charge < -0.3 is 0 Å². The van der Waals surface area contributed by atoms with Crippen LogP contribution in [0.2, 0.25) is 0 Å². The van der Waals surface area contributed by atoms with Crippen molar-refractivity contribution in [3.8, 4) is 6.07 Å². The Bertz CT molecular complexity index is 901. The van der Waals surface area contributed by atoms with E-state index in [4.69, 9.17) is 5.26 Å². The molecule has 1 heterocycles. The quantitative estimate of drug-likeness (QED) is 0.840. The highest BCUT2D eigenvalue weighted by molar-refractivity contribution is 7.89. The van der Waals surface area contributed by atoms with E-state index in [1.54, 1.807) is 6.07 Å². The molecule has 0 saturated carbocycles. The highest BCUT2D eigenvalue weighted by atomic mass is 32.2. The molecule has 1 fully saturated rings. The van der Waals surface area contributed by atoms with Crippen LogP contribution in [0.15, 0.2) is 53.4 Å². The zero-order valence-corrected chi connectivity index (χ0v) is 14.4. The fraction of sp³-hybridized carbons (Fsp3) is 0.278. The maximum Gasteiger partial charge on any atom is 0.243 e. The van der Waals surface area contributed by atoms with E-state index in [-0.39, 0.29) is 4.90 Å². The van der Waals surface area contributed by atoms with E-state index in [0.29, 0.717) is 38.3 Å². The van der Waals surface area contributed by atoms with Crippen molar-refractivity contribution in [1.29, 1.82) is 5.26 Å². The lowest BCUT2D eigenvalue weighted by Gasteiger charge is -2.34. The summed E-state index contributed by atoms with van der Waals surface area (Å²) in [6, 6.07) is 14.7. The molecule has 0 bridgehead atoms. The number of rotatable bonds is 4. The molecule has 5 nitrogen and oxygen atoms in total. The first kappa shape index (κ1) is 17.5. The number of nitrogens with zero attached hydrogens (tertiary/aromatic N) is 3. The number of piperazine rings is 1. The minimum absolute atomic E-state index is 0.0178. The molecule has 0 atom stereocenters. The molecule has 7 heteroatoms. The Kier molecular flexibility index (Phi) is 5.13. The summed E-state index contributed by atoms with van der Waals surface area (Å²) in [7, 11) is -3.68. The minimum atomic E-state index is -3.68. The van der Waals surface area contributed by atoms with Gasteiger partial charge in [0, 0.05) is 32.7 Å². The summed E-state index contributed by atoms with van der Waals surface area (Å²) in [5.74, 6) is -0.562. The van der Waals surface area contributed by atoms with Crippen LogP contribution in [0.3, 0.4) is 0 Å². The zero-order valence-electron chi connectivity index (χ0n) is 13.6. The molecule has 2 aromatic rings. The molecule has 1 aliphatic rings. The van der Waals surface area contributed by atoms with Gasteiger partial charge in [0.05, 0.1) is 16.5 Å². The Morgan fingerprint density at radius 3 is 2.44 bits per heavy atom. The van der Waals surface area contributed by atoms with Gasteiger partial charge in [0.15, 0.2) is 0 Å². The van der Waals surface area contributed by atoms with Gasteiger partial charge in [0.25, 0.3) is 0 Å². The second-order valence-corrected chi connectivity index (χ2v) is 7.84. The maximum absolute atomic E-state index is 13.3. The maximum atomic E-state index is 13.3. The number of nitriles is 1. The van der Waals surface area contributed by atoms with Gasteiger partial charge in [-0.3, -0.25) is 4.90 Å². The van der Waals surface area contributed by atoms with E-state index in [1.807, 2.05) is 18.2 Å². The molecule has 0 aromatic heterocycles. The average molecular weight is 359 g/mol. The van der Waals surface area contributed by atoms with Gasteiger partial charge in [-0.1, -0.05) is 24.3 Å². The van der Waals surface area contributed by atoms with Gasteiger partial charge in [-0.25, -0.2) is 12.8 Å². The van der Waals surface area contributed by atoms with Crippen LogP contribution in [-0.4, -0.2) is 43.8 Å². The third kappa shape index (κ3) is 3.87. The molecule has 25 heavy (non-hydrogen) atoms. The molecule has 0 amide bonds. The lowest BCUT2D eigenvalue weighted by Crippen LogP contribution is -2.48. The molecule has 3 rings (SSSR count). The summed E-state index contributed by atoms with van der Waals surface area (Å²) in [6.07, 6.45) is 0. The van der Waals surface area contributed by atoms with Gasteiger partial charge in [-0.2, -0.15) is 9.57 Å². The lowest BCUT2D eigenvalue weighted by atomic mass is 10.1. The predicted octanol–water partition coefficient (Wildman–Crippen LogP) is 2.20. The smallest absolute Gasteiger partial charge is 0.243 e. The van der Waals surface area contributed by atoms with Crippen LogP contribution in [0.4, 0.5) is 4.39 Å². The highest BCUT2D eigenvalue weighted by Gasteiger charge is 2.28. The van der Waals surface area contributed by atoms with E-state index in [0.717, 1.165) is 11.6 Å². The second-order valence-electron chi connectivity index (χ2n) is 5.91. The van der Waals surface area contributed by atoms with Gasteiger partial charge in [-0.15, -0.1) is 0 Å². The summed E-state index contributed by atoms with van der Waals surface area (Å²) in [5.41, 5.74) is 1.57. The minimum Gasteiger partial charge on any atom is -0.296 e. The van der Waals surface area contributed by atoms with Crippen molar-refractivity contribution in [1.82, 2.24) is 9.21 Å². The van der Waals surface area contributed by atoms with E-state index >= 15 is 0 Å². The first-order chi connectivity index (χ1) is 12.0. The van der Waals surface area contributed by atoms with E-state index < -0.39 is 15.8 Å². The molecule has 130 valence electrons. The lowest BCUT2D eigenvalue weighted by molar-refractivity contribution is 0.181. The third-order valence-electron chi connectivity index (χ3n) is 4.30. The second kappa shape index (κ2) is 7.31. The van der Waals surface area contributed by atoms with Gasteiger partial charge in [0.2, 0.25) is 10.0 Å². The van der Waals surface area contributed by atoms with Crippen molar-refractivity contribution in [2.24, 2.45) is 0 Å². The van der Waals surface area contributed by atoms with Crippen LogP contribution >= 0.6 is 0 Å². The largest absolute Gasteiger partial charge is 0.296 e. The van der Waals surface area contributed by atoms with Crippen LogP contribution in [0.1, 0.15) is 11.1 Å². The standard InChI is InChI=1S/C18H18FN3O2S/c19-17-6-3-7-18(12-17)25(23,24)22-10-8-21(9-11-22)14-16-5-2-1-4-15(16)13-20/h1-7,12H,8-11,14H2. The van der Waals surface area contributed by atoms with Crippen LogP contribution in [0.25, 0.3) is 0 Å². The fourth-order valence-corrected chi connectivity index (χ4v) is 4.37. The predicted molar refractivity (Wildman–Crippen MR) is 91.6 cm³/mol. The fourth-order valence-electron chi connectivity index (χ4n) is 2.91. The Hall–Kier alpha value is -2.27. The first-order valence-electron chi connectivity index (χ1n) is 7.97. The summed E-state index contributed by atoms with van der Waals surface area (Å²) in [6.45, 7) is 2.42. The summed E-state index contributed by atoms with van der Waals surface area (Å²) in [4.78, 5) is 2.10. The van der Waals surface area contributed by atoms with Crippen molar-refractivity contribution in [2.45, 2.75) is 11.4 Å². The SMILES string of the molecule is N#Cc1ccccc1CN1CCN(S(=O)(=O)c2cccc(F)c2)CC1. The topological polar surface area (TPSA) is 64.4 Å².